The van der Waals surface area contributed by atoms with E-state index in [0.717, 1.165) is 10.9 Å². The molecule has 0 bridgehead atoms. The SMILES string of the molecule is O=C1C(=O)N(c2ccccc2O)C(c2ccccc2)/C1=C(/O)c1c[nH]c2ccccc12. The van der Waals surface area contributed by atoms with Crippen LogP contribution in [0, 0.1) is 0 Å². The highest BCUT2D eigenvalue weighted by Gasteiger charge is 2.47. The summed E-state index contributed by atoms with van der Waals surface area (Å²) < 4.78 is 0. The average molecular weight is 410 g/mol. The number of H-pyrrole nitrogens is 1. The molecule has 5 rings (SSSR count). The first-order valence-corrected chi connectivity index (χ1v) is 9.78. The number of aliphatic hydroxyl groups excluding tert-OH is 1. The number of nitrogens with one attached hydrogen (secondary N) is 1. The number of aromatic nitrogens is 1. The zero-order chi connectivity index (χ0) is 21.5. The van der Waals surface area contributed by atoms with E-state index in [0.29, 0.717) is 11.1 Å². The molecule has 1 amide bonds. The summed E-state index contributed by atoms with van der Waals surface area (Å²) in [6.45, 7) is 0. The van der Waals surface area contributed by atoms with E-state index < -0.39 is 17.7 Å². The lowest BCUT2D eigenvalue weighted by molar-refractivity contribution is -0.132. The number of hydrogen-bond acceptors (Lipinski definition) is 4. The molecule has 1 aliphatic rings. The summed E-state index contributed by atoms with van der Waals surface area (Å²) in [5, 5.41) is 22.4. The van der Waals surface area contributed by atoms with Crippen molar-refractivity contribution in [2.75, 3.05) is 4.90 Å². The van der Waals surface area contributed by atoms with Crippen LogP contribution in [0.5, 0.6) is 5.75 Å². The minimum Gasteiger partial charge on any atom is -0.507 e. The van der Waals surface area contributed by atoms with E-state index in [9.17, 15) is 19.8 Å². The van der Waals surface area contributed by atoms with E-state index in [1.54, 1.807) is 48.7 Å². The van der Waals surface area contributed by atoms with Crippen LogP contribution in [0.2, 0.25) is 0 Å². The van der Waals surface area contributed by atoms with Gasteiger partial charge in [-0.3, -0.25) is 14.5 Å². The third-order valence-corrected chi connectivity index (χ3v) is 5.55. The largest absolute Gasteiger partial charge is 0.507 e. The predicted octanol–water partition coefficient (Wildman–Crippen LogP) is 4.50. The first kappa shape index (κ1) is 18.7. The Labute approximate surface area is 177 Å². The fraction of sp³-hybridized carbons (Fsp3) is 0.0400. The van der Waals surface area contributed by atoms with E-state index in [1.807, 2.05) is 30.3 Å². The highest BCUT2D eigenvalue weighted by molar-refractivity contribution is 6.52. The number of carbonyl (C=O) groups excluding carboxylic acids is 2. The summed E-state index contributed by atoms with van der Waals surface area (Å²) >= 11 is 0. The molecule has 152 valence electrons. The van der Waals surface area contributed by atoms with Gasteiger partial charge in [-0.2, -0.15) is 0 Å². The number of nitrogens with zero attached hydrogens (tertiary/aromatic N) is 1. The molecule has 4 aromatic rings. The van der Waals surface area contributed by atoms with E-state index in [1.165, 1.54) is 11.0 Å². The van der Waals surface area contributed by atoms with Gasteiger partial charge in [-0.05, 0) is 23.8 Å². The molecule has 3 N–H and O–H groups in total. The number of carbonyl (C=O) groups is 2. The molecular formula is C25H18N2O4. The first-order valence-electron chi connectivity index (χ1n) is 9.78. The number of hydrogen-bond donors (Lipinski definition) is 3. The zero-order valence-corrected chi connectivity index (χ0v) is 16.3. The lowest BCUT2D eigenvalue weighted by Gasteiger charge is -2.25. The Kier molecular flexibility index (Phi) is 4.33. The van der Waals surface area contributed by atoms with Crippen molar-refractivity contribution in [3.8, 4) is 5.75 Å². The molecule has 2 heterocycles. The van der Waals surface area contributed by atoms with E-state index >= 15 is 0 Å². The van der Waals surface area contributed by atoms with Gasteiger partial charge in [-0.1, -0.05) is 60.7 Å². The monoisotopic (exact) mass is 410 g/mol. The highest BCUT2D eigenvalue weighted by Crippen LogP contribution is 2.45. The Bertz CT molecular complexity index is 1350. The average Bonchev–Trinajstić information content (AvgIpc) is 3.34. The van der Waals surface area contributed by atoms with Gasteiger partial charge in [0, 0.05) is 22.7 Å². The number of para-hydroxylation sites is 3. The Morgan fingerprint density at radius 1 is 0.871 bits per heavy atom. The minimum atomic E-state index is -0.886. The molecule has 1 atom stereocenters. The maximum absolute atomic E-state index is 13.2. The molecule has 1 aliphatic heterocycles. The van der Waals surface area contributed by atoms with E-state index in [-0.39, 0.29) is 22.8 Å². The van der Waals surface area contributed by atoms with Gasteiger partial charge >= 0.3 is 0 Å². The lowest BCUT2D eigenvalue weighted by Crippen LogP contribution is -2.29. The van der Waals surface area contributed by atoms with Crippen LogP contribution in [0.3, 0.4) is 0 Å². The molecule has 1 unspecified atom stereocenters. The summed E-state index contributed by atoms with van der Waals surface area (Å²) in [7, 11) is 0. The second kappa shape index (κ2) is 7.18. The number of aromatic hydroxyl groups is 1. The number of aromatic amines is 1. The summed E-state index contributed by atoms with van der Waals surface area (Å²) in [4.78, 5) is 30.6. The minimum absolute atomic E-state index is 0.0239. The quantitative estimate of drug-likeness (QED) is 0.263. The van der Waals surface area contributed by atoms with Crippen LogP contribution in [0.15, 0.2) is 90.6 Å². The molecule has 6 heteroatoms. The summed E-state index contributed by atoms with van der Waals surface area (Å²) in [6.07, 6.45) is 1.62. The van der Waals surface area contributed by atoms with Crippen LogP contribution in [0.4, 0.5) is 5.69 Å². The van der Waals surface area contributed by atoms with E-state index in [2.05, 4.69) is 4.98 Å². The molecule has 3 aromatic carbocycles. The van der Waals surface area contributed by atoms with Crippen molar-refractivity contribution in [3.63, 3.8) is 0 Å². The van der Waals surface area contributed by atoms with Gasteiger partial charge in [0.1, 0.15) is 11.5 Å². The number of Topliss-reactive ketones (excluding diaryl/α,β-unsaturated/α-hetero) is 1. The second-order valence-electron chi connectivity index (χ2n) is 7.32. The first-order chi connectivity index (χ1) is 15.1. The maximum atomic E-state index is 13.2. The van der Waals surface area contributed by atoms with Crippen LogP contribution >= 0.6 is 0 Å². The van der Waals surface area contributed by atoms with Crippen molar-refractivity contribution in [1.29, 1.82) is 0 Å². The van der Waals surface area contributed by atoms with E-state index in [4.69, 9.17) is 0 Å². The van der Waals surface area contributed by atoms with Gasteiger partial charge in [0.2, 0.25) is 0 Å². The number of aliphatic hydroxyl groups is 1. The lowest BCUT2D eigenvalue weighted by atomic mass is 9.95. The van der Waals surface area contributed by atoms with Gasteiger partial charge in [-0.25, -0.2) is 0 Å². The van der Waals surface area contributed by atoms with Crippen LogP contribution in [-0.4, -0.2) is 26.9 Å². The summed E-state index contributed by atoms with van der Waals surface area (Å²) in [6, 6.07) is 21.8. The normalized spacial score (nSPS) is 18.1. The summed E-state index contributed by atoms with van der Waals surface area (Å²) in [5.74, 6) is -2.00. The van der Waals surface area contributed by atoms with Crippen molar-refractivity contribution in [3.05, 3.63) is 102 Å². The Morgan fingerprint density at radius 3 is 2.32 bits per heavy atom. The Morgan fingerprint density at radius 2 is 1.55 bits per heavy atom. The molecule has 0 aliphatic carbocycles. The number of fused-ring (bicyclic) bond motifs is 1. The second-order valence-corrected chi connectivity index (χ2v) is 7.32. The fourth-order valence-corrected chi connectivity index (χ4v) is 4.11. The number of phenolic OH excluding ortho intramolecular Hbond substituents is 1. The van der Waals surface area contributed by atoms with Gasteiger partial charge < -0.3 is 15.2 Å². The standard InChI is InChI=1S/C25H18N2O4/c28-20-13-7-6-12-19(20)27-22(15-8-2-1-3-9-15)21(24(30)25(27)31)23(29)17-14-26-18-11-5-4-10-16(17)18/h1-14,22,26,28-29H/b23-21-. The third kappa shape index (κ3) is 2.88. The van der Waals surface area contributed by atoms with Gasteiger partial charge in [0.25, 0.3) is 11.7 Å². The Balaban J connectivity index is 1.78. The molecule has 31 heavy (non-hydrogen) atoms. The predicted molar refractivity (Wildman–Crippen MR) is 118 cm³/mol. The number of amides is 1. The van der Waals surface area contributed by atoms with Crippen molar-refractivity contribution in [1.82, 2.24) is 4.98 Å². The molecule has 0 saturated carbocycles. The van der Waals surface area contributed by atoms with Crippen molar-refractivity contribution >= 4 is 34.0 Å². The van der Waals surface area contributed by atoms with Crippen molar-refractivity contribution in [2.24, 2.45) is 0 Å². The number of benzene rings is 3. The Hall–Kier alpha value is -4.32. The number of ketones is 1. The molecule has 1 fully saturated rings. The van der Waals surface area contributed by atoms with Crippen LogP contribution < -0.4 is 4.90 Å². The maximum Gasteiger partial charge on any atom is 0.300 e. The van der Waals surface area contributed by atoms with Crippen LogP contribution in [-0.2, 0) is 9.59 Å². The molecule has 1 saturated heterocycles. The van der Waals surface area contributed by atoms with Gasteiger partial charge in [0.05, 0.1) is 17.3 Å². The zero-order valence-electron chi connectivity index (χ0n) is 16.3. The van der Waals surface area contributed by atoms with Gasteiger partial charge in [-0.15, -0.1) is 0 Å². The fourth-order valence-electron chi connectivity index (χ4n) is 4.11. The highest BCUT2D eigenvalue weighted by atomic mass is 16.3. The topological polar surface area (TPSA) is 93.6 Å². The van der Waals surface area contributed by atoms with Crippen LogP contribution in [0.1, 0.15) is 17.2 Å². The molecule has 0 radical (unpaired) electrons. The van der Waals surface area contributed by atoms with Crippen LogP contribution in [0.25, 0.3) is 16.7 Å². The van der Waals surface area contributed by atoms with Crippen molar-refractivity contribution in [2.45, 2.75) is 6.04 Å². The molecule has 6 nitrogen and oxygen atoms in total. The van der Waals surface area contributed by atoms with Crippen molar-refractivity contribution < 1.29 is 19.8 Å². The smallest absolute Gasteiger partial charge is 0.300 e. The molecule has 0 spiro atoms. The summed E-state index contributed by atoms with van der Waals surface area (Å²) in [5.41, 5.74) is 2.06. The number of rotatable bonds is 3. The van der Waals surface area contributed by atoms with Gasteiger partial charge in [0.15, 0.2) is 0 Å². The third-order valence-electron chi connectivity index (χ3n) is 5.55. The molecular weight excluding hydrogens is 392 g/mol. The number of anilines is 1. The number of phenols is 1. The molecule has 1 aromatic heterocycles.